The van der Waals surface area contributed by atoms with E-state index in [0.29, 0.717) is 30.0 Å². The maximum atomic E-state index is 12.5. The molecule has 8 heteroatoms. The number of nitro groups is 1. The van der Waals surface area contributed by atoms with Crippen LogP contribution in [-0.4, -0.2) is 37.1 Å². The van der Waals surface area contributed by atoms with Crippen LogP contribution in [0.15, 0.2) is 12.1 Å². The van der Waals surface area contributed by atoms with Gasteiger partial charge in [0.2, 0.25) is 5.91 Å². The molecule has 2 unspecified atom stereocenters. The molecule has 1 aromatic carbocycles. The molecule has 0 radical (unpaired) electrons. The molecule has 0 heterocycles. The third-order valence-corrected chi connectivity index (χ3v) is 5.05. The molecular weight excluding hydrogens is 338 g/mol. The normalized spacial score (nSPS) is 22.5. The highest BCUT2D eigenvalue weighted by molar-refractivity contribution is 5.80. The Morgan fingerprint density at radius 3 is 2.58 bits per heavy atom. The fourth-order valence-corrected chi connectivity index (χ4v) is 3.51. The standard InChI is InChI=1S/C18H27N3O5/c1-18(19)8-5-4-6-13(18)17(22)20-9-7-12-10-15(25-2)16(26-3)11-14(12)21(23)24/h10-11,13H,4-9,19H2,1-3H3,(H,20,22). The van der Waals surface area contributed by atoms with Gasteiger partial charge in [0.25, 0.3) is 5.69 Å². The van der Waals surface area contributed by atoms with Crippen molar-refractivity contribution in [2.45, 2.75) is 44.6 Å². The van der Waals surface area contributed by atoms with Gasteiger partial charge < -0.3 is 20.5 Å². The van der Waals surface area contributed by atoms with Crippen molar-refractivity contribution in [2.24, 2.45) is 11.7 Å². The highest BCUT2D eigenvalue weighted by Crippen LogP contribution is 2.35. The predicted octanol–water partition coefficient (Wildman–Crippen LogP) is 2.18. The van der Waals surface area contributed by atoms with Crippen molar-refractivity contribution in [3.05, 3.63) is 27.8 Å². The first-order valence-corrected chi connectivity index (χ1v) is 8.76. The Labute approximate surface area is 153 Å². The Morgan fingerprint density at radius 2 is 2.00 bits per heavy atom. The maximum absolute atomic E-state index is 12.5. The monoisotopic (exact) mass is 365 g/mol. The van der Waals surface area contributed by atoms with Crippen LogP contribution in [0.5, 0.6) is 11.5 Å². The number of nitrogens with zero attached hydrogens (tertiary/aromatic N) is 1. The number of hydrogen-bond acceptors (Lipinski definition) is 6. The third kappa shape index (κ3) is 4.43. The zero-order valence-electron chi connectivity index (χ0n) is 15.5. The summed E-state index contributed by atoms with van der Waals surface area (Å²) in [6, 6.07) is 2.92. The fraction of sp³-hybridized carbons (Fsp3) is 0.611. The number of nitrogens with one attached hydrogen (secondary N) is 1. The van der Waals surface area contributed by atoms with Gasteiger partial charge in [-0.25, -0.2) is 0 Å². The van der Waals surface area contributed by atoms with Crippen LogP contribution >= 0.6 is 0 Å². The molecule has 1 aliphatic carbocycles. The molecule has 0 saturated heterocycles. The van der Waals surface area contributed by atoms with E-state index in [1.807, 2.05) is 6.92 Å². The molecule has 1 amide bonds. The first-order valence-electron chi connectivity index (χ1n) is 8.76. The van der Waals surface area contributed by atoms with E-state index in [4.69, 9.17) is 15.2 Å². The molecule has 144 valence electrons. The molecule has 1 saturated carbocycles. The SMILES string of the molecule is COc1cc(CCNC(=O)C2CCCCC2(C)N)c([N+](=O)[O-])cc1OC. The van der Waals surface area contributed by atoms with Crippen LogP contribution in [0.2, 0.25) is 0 Å². The molecule has 3 N–H and O–H groups in total. The lowest BCUT2D eigenvalue weighted by Crippen LogP contribution is -2.53. The van der Waals surface area contributed by atoms with E-state index in [-0.39, 0.29) is 17.5 Å². The van der Waals surface area contributed by atoms with E-state index in [1.54, 1.807) is 6.07 Å². The van der Waals surface area contributed by atoms with Gasteiger partial charge in [-0.2, -0.15) is 0 Å². The number of rotatable bonds is 7. The van der Waals surface area contributed by atoms with Gasteiger partial charge in [-0.1, -0.05) is 12.8 Å². The van der Waals surface area contributed by atoms with Gasteiger partial charge in [-0.05, 0) is 32.3 Å². The van der Waals surface area contributed by atoms with Crippen LogP contribution in [0.1, 0.15) is 38.2 Å². The number of ether oxygens (including phenoxy) is 2. The summed E-state index contributed by atoms with van der Waals surface area (Å²) < 4.78 is 10.3. The first kappa shape index (κ1) is 20.0. The average molecular weight is 365 g/mol. The molecule has 0 bridgehead atoms. The van der Waals surface area contributed by atoms with Gasteiger partial charge in [-0.3, -0.25) is 14.9 Å². The summed E-state index contributed by atoms with van der Waals surface area (Å²) in [6.07, 6.45) is 3.94. The van der Waals surface area contributed by atoms with Crippen LogP contribution in [-0.2, 0) is 11.2 Å². The summed E-state index contributed by atoms with van der Waals surface area (Å²) in [4.78, 5) is 23.3. The number of nitro benzene ring substituents is 1. The molecule has 2 rings (SSSR count). The number of amides is 1. The molecule has 26 heavy (non-hydrogen) atoms. The Kier molecular flexibility index (Phi) is 6.42. The highest BCUT2D eigenvalue weighted by Gasteiger charge is 2.37. The van der Waals surface area contributed by atoms with Crippen molar-refractivity contribution < 1.29 is 19.2 Å². The number of nitrogens with two attached hydrogens (primary N) is 1. The lowest BCUT2D eigenvalue weighted by Gasteiger charge is -2.37. The minimum Gasteiger partial charge on any atom is -0.493 e. The molecule has 0 aliphatic heterocycles. The summed E-state index contributed by atoms with van der Waals surface area (Å²) in [5, 5.41) is 14.2. The van der Waals surface area contributed by atoms with Crippen molar-refractivity contribution in [3.8, 4) is 11.5 Å². The van der Waals surface area contributed by atoms with E-state index in [0.717, 1.165) is 25.7 Å². The van der Waals surface area contributed by atoms with E-state index in [9.17, 15) is 14.9 Å². The van der Waals surface area contributed by atoms with Crippen molar-refractivity contribution in [3.63, 3.8) is 0 Å². The summed E-state index contributed by atoms with van der Waals surface area (Å²) in [6.45, 7) is 2.21. The third-order valence-electron chi connectivity index (χ3n) is 5.05. The minimum absolute atomic E-state index is 0.0572. The quantitative estimate of drug-likeness (QED) is 0.565. The van der Waals surface area contributed by atoms with Crippen molar-refractivity contribution in [1.82, 2.24) is 5.32 Å². The second-order valence-electron chi connectivity index (χ2n) is 6.94. The molecule has 0 spiro atoms. The number of carbonyl (C=O) groups is 1. The van der Waals surface area contributed by atoms with Crippen molar-refractivity contribution >= 4 is 11.6 Å². The topological polar surface area (TPSA) is 117 Å². The van der Waals surface area contributed by atoms with Crippen molar-refractivity contribution in [2.75, 3.05) is 20.8 Å². The number of methoxy groups -OCH3 is 2. The van der Waals surface area contributed by atoms with Gasteiger partial charge in [0.15, 0.2) is 11.5 Å². The molecule has 1 aromatic rings. The molecular formula is C18H27N3O5. The van der Waals surface area contributed by atoms with Crippen LogP contribution in [0.4, 0.5) is 5.69 Å². The van der Waals surface area contributed by atoms with E-state index >= 15 is 0 Å². The summed E-state index contributed by atoms with van der Waals surface area (Å²) in [7, 11) is 2.90. The summed E-state index contributed by atoms with van der Waals surface area (Å²) in [5.74, 6) is 0.406. The van der Waals surface area contributed by atoms with Gasteiger partial charge in [0.05, 0.1) is 31.1 Å². The molecule has 2 atom stereocenters. The zero-order chi connectivity index (χ0) is 19.3. The van der Waals surface area contributed by atoms with Crippen LogP contribution < -0.4 is 20.5 Å². The highest BCUT2D eigenvalue weighted by atomic mass is 16.6. The van der Waals surface area contributed by atoms with Gasteiger partial charge in [0, 0.05) is 17.6 Å². The molecule has 8 nitrogen and oxygen atoms in total. The van der Waals surface area contributed by atoms with E-state index in [2.05, 4.69) is 5.32 Å². The second kappa shape index (κ2) is 8.35. The van der Waals surface area contributed by atoms with Crippen LogP contribution in [0.25, 0.3) is 0 Å². The Morgan fingerprint density at radius 1 is 1.35 bits per heavy atom. The molecule has 1 aliphatic rings. The molecule has 1 fully saturated rings. The zero-order valence-corrected chi connectivity index (χ0v) is 15.5. The maximum Gasteiger partial charge on any atom is 0.276 e. The van der Waals surface area contributed by atoms with Crippen molar-refractivity contribution in [1.29, 1.82) is 0 Å². The lowest BCUT2D eigenvalue weighted by molar-refractivity contribution is -0.385. The fourth-order valence-electron chi connectivity index (χ4n) is 3.51. The Bertz CT molecular complexity index is 675. The van der Waals surface area contributed by atoms with Crippen LogP contribution in [0.3, 0.4) is 0 Å². The number of benzene rings is 1. The number of carbonyl (C=O) groups excluding carboxylic acids is 1. The van der Waals surface area contributed by atoms with E-state index < -0.39 is 10.5 Å². The van der Waals surface area contributed by atoms with Gasteiger partial charge in [0.1, 0.15) is 0 Å². The predicted molar refractivity (Wildman–Crippen MR) is 97.5 cm³/mol. The summed E-state index contributed by atoms with van der Waals surface area (Å²) >= 11 is 0. The minimum atomic E-state index is -0.502. The smallest absolute Gasteiger partial charge is 0.276 e. The Hall–Kier alpha value is -2.35. The first-order chi connectivity index (χ1) is 12.3. The average Bonchev–Trinajstić information content (AvgIpc) is 2.60. The number of hydrogen-bond donors (Lipinski definition) is 2. The summed E-state index contributed by atoms with van der Waals surface area (Å²) in [5.41, 5.74) is 6.18. The Balaban J connectivity index is 2.06. The largest absolute Gasteiger partial charge is 0.493 e. The lowest BCUT2D eigenvalue weighted by atomic mass is 9.74. The van der Waals surface area contributed by atoms with Crippen LogP contribution in [0, 0.1) is 16.0 Å². The van der Waals surface area contributed by atoms with E-state index in [1.165, 1.54) is 20.3 Å². The molecule has 0 aromatic heterocycles. The van der Waals surface area contributed by atoms with Gasteiger partial charge >= 0.3 is 0 Å². The second-order valence-corrected chi connectivity index (χ2v) is 6.94. The van der Waals surface area contributed by atoms with Gasteiger partial charge in [-0.15, -0.1) is 0 Å².